The number of hydrogen-bond donors (Lipinski definition) is 5. The molecule has 52 heavy (non-hydrogen) atoms. The predicted octanol–water partition coefficient (Wildman–Crippen LogP) is 6.90. The Morgan fingerprint density at radius 2 is 1.04 bits per heavy atom. The highest BCUT2D eigenvalue weighted by atomic mass is 16.3. The molecule has 7 nitrogen and oxygen atoms in total. The number of phenolic OH excluding ortho intramolecular Hbond substituents is 3. The molecule has 3 aliphatic heterocycles. The molecule has 5 heterocycles. The summed E-state index contributed by atoms with van der Waals surface area (Å²) in [4.78, 5) is 18.4. The molecule has 2 aromatic heterocycles. The summed E-state index contributed by atoms with van der Waals surface area (Å²) in [6.45, 7) is 2.09. The number of phenols is 3. The van der Waals surface area contributed by atoms with Crippen LogP contribution in [0.25, 0.3) is 11.1 Å². The fraction of sp³-hybridized carbons (Fsp3) is 0.111. The number of rotatable bonds is 4. The summed E-state index contributed by atoms with van der Waals surface area (Å²) in [5, 5.41) is 32.4. The highest BCUT2D eigenvalue weighted by molar-refractivity contribution is 6.29. The van der Waals surface area contributed by atoms with Gasteiger partial charge in [-0.15, -0.1) is 0 Å². The SMILES string of the molecule is Cc1ccc(C2=c3cc/c([nH]3)=C(\c3ccc(O)cc3)c3ccc([nH]3)C(c3ccc(O)cc3)C3C=CC(=N3)C(c3ccc(O)cc3)C3C=CC2=N3)cc1. The van der Waals surface area contributed by atoms with E-state index in [4.69, 9.17) is 9.98 Å². The highest BCUT2D eigenvalue weighted by Crippen LogP contribution is 2.38. The molecule has 0 fully saturated rings. The molecule has 8 bridgehead atoms. The molecule has 0 amide bonds. The molecular weight excluding hydrogens is 645 g/mol. The minimum atomic E-state index is -0.243. The highest BCUT2D eigenvalue weighted by Gasteiger charge is 2.34. The number of aryl methyl sites for hydroxylation is 1. The molecule has 0 saturated heterocycles. The van der Waals surface area contributed by atoms with Crippen LogP contribution in [-0.2, 0) is 0 Å². The second kappa shape index (κ2) is 12.6. The smallest absolute Gasteiger partial charge is 0.115 e. The van der Waals surface area contributed by atoms with Crippen LogP contribution in [0.1, 0.15) is 51.0 Å². The van der Waals surface area contributed by atoms with E-state index in [1.807, 2.05) is 36.4 Å². The molecular formula is C45H36N4O3. The maximum Gasteiger partial charge on any atom is 0.115 e. The Kier molecular flexibility index (Phi) is 7.62. The summed E-state index contributed by atoms with van der Waals surface area (Å²) < 4.78 is 0. The topological polar surface area (TPSA) is 117 Å². The summed E-state index contributed by atoms with van der Waals surface area (Å²) in [5.74, 6) is 0.233. The van der Waals surface area contributed by atoms with E-state index in [0.717, 1.165) is 66.9 Å². The second-order valence-corrected chi connectivity index (χ2v) is 13.7. The fourth-order valence-corrected chi connectivity index (χ4v) is 7.73. The van der Waals surface area contributed by atoms with Crippen molar-refractivity contribution in [3.63, 3.8) is 0 Å². The molecule has 254 valence electrons. The van der Waals surface area contributed by atoms with Gasteiger partial charge in [-0.1, -0.05) is 78.4 Å². The van der Waals surface area contributed by atoms with E-state index in [0.29, 0.717) is 0 Å². The lowest BCUT2D eigenvalue weighted by Crippen LogP contribution is -2.23. The zero-order valence-electron chi connectivity index (χ0n) is 28.4. The molecule has 0 saturated carbocycles. The summed E-state index contributed by atoms with van der Waals surface area (Å²) in [6.07, 6.45) is 8.56. The predicted molar refractivity (Wildman–Crippen MR) is 206 cm³/mol. The molecule has 6 aromatic rings. The van der Waals surface area contributed by atoms with Crippen LogP contribution in [0.15, 0.2) is 156 Å². The van der Waals surface area contributed by atoms with Gasteiger partial charge in [-0.2, -0.15) is 0 Å². The van der Waals surface area contributed by atoms with Crippen LogP contribution in [0.3, 0.4) is 0 Å². The summed E-state index contributed by atoms with van der Waals surface area (Å²) >= 11 is 0. The standard InChI is InChI=1S/C45H36N4O3/c1-26-2-4-27(5-3-26)42-34-18-20-36(46-34)43(28-6-12-31(50)13-7-28)38-22-24-40(48-38)45(30-10-16-33(52)17-11-30)41-25-23-39(49-41)44(37-21-19-35(42)47-37)29-8-14-32(51)15-9-29/h2-25,36,40,43,45,47,49-52H,1H3/b42-35?,44-37-. The van der Waals surface area contributed by atoms with Crippen LogP contribution in [0.4, 0.5) is 0 Å². The van der Waals surface area contributed by atoms with Crippen molar-refractivity contribution in [3.8, 4) is 17.2 Å². The van der Waals surface area contributed by atoms with Gasteiger partial charge in [0, 0.05) is 38.9 Å². The van der Waals surface area contributed by atoms with Crippen LogP contribution in [-0.4, -0.2) is 48.8 Å². The van der Waals surface area contributed by atoms with E-state index in [1.165, 1.54) is 5.56 Å². The number of H-pyrrole nitrogens is 2. The van der Waals surface area contributed by atoms with Gasteiger partial charge < -0.3 is 25.3 Å². The quantitative estimate of drug-likeness (QED) is 0.139. The number of aromatic hydroxyl groups is 3. The number of fused-ring (bicyclic) bond motifs is 6. The average molecular weight is 681 g/mol. The maximum atomic E-state index is 10.2. The lowest BCUT2D eigenvalue weighted by atomic mass is 9.87. The second-order valence-electron chi connectivity index (χ2n) is 13.7. The van der Waals surface area contributed by atoms with E-state index in [9.17, 15) is 15.3 Å². The third kappa shape index (κ3) is 5.66. The van der Waals surface area contributed by atoms with Crippen molar-refractivity contribution in [2.24, 2.45) is 9.98 Å². The number of aromatic amines is 2. The van der Waals surface area contributed by atoms with Crippen LogP contribution < -0.4 is 10.7 Å². The van der Waals surface area contributed by atoms with Gasteiger partial charge in [0.1, 0.15) is 17.2 Å². The Balaban J connectivity index is 1.34. The minimum Gasteiger partial charge on any atom is -0.508 e. The zero-order chi connectivity index (χ0) is 35.3. The first-order valence-corrected chi connectivity index (χ1v) is 17.5. The Morgan fingerprint density at radius 1 is 0.500 bits per heavy atom. The van der Waals surface area contributed by atoms with Gasteiger partial charge in [0.2, 0.25) is 0 Å². The van der Waals surface area contributed by atoms with Crippen molar-refractivity contribution < 1.29 is 15.3 Å². The molecule has 4 unspecified atom stereocenters. The fourth-order valence-electron chi connectivity index (χ4n) is 7.73. The monoisotopic (exact) mass is 680 g/mol. The molecule has 4 atom stereocenters. The van der Waals surface area contributed by atoms with Gasteiger partial charge in [-0.05, 0) is 102 Å². The van der Waals surface area contributed by atoms with Crippen LogP contribution in [0, 0.1) is 6.92 Å². The molecule has 0 aliphatic carbocycles. The minimum absolute atomic E-state index is 0.184. The lowest BCUT2D eigenvalue weighted by molar-refractivity contribution is 0.474. The van der Waals surface area contributed by atoms with Gasteiger partial charge >= 0.3 is 0 Å². The Hall–Kier alpha value is -6.60. The first kappa shape index (κ1) is 31.4. The summed E-state index contributed by atoms with van der Waals surface area (Å²) in [7, 11) is 0. The third-order valence-electron chi connectivity index (χ3n) is 10.3. The van der Waals surface area contributed by atoms with E-state index in [1.54, 1.807) is 36.4 Å². The molecule has 0 spiro atoms. The van der Waals surface area contributed by atoms with Gasteiger partial charge in [0.15, 0.2) is 0 Å². The zero-order valence-corrected chi connectivity index (χ0v) is 28.4. The van der Waals surface area contributed by atoms with Crippen molar-refractivity contribution in [2.45, 2.75) is 30.8 Å². The first-order valence-electron chi connectivity index (χ1n) is 17.5. The lowest BCUT2D eigenvalue weighted by Gasteiger charge is -2.23. The van der Waals surface area contributed by atoms with E-state index in [2.05, 4.69) is 89.7 Å². The number of allylic oxidation sites excluding steroid dienone is 2. The van der Waals surface area contributed by atoms with Crippen molar-refractivity contribution in [1.82, 2.24) is 9.97 Å². The molecule has 3 aliphatic rings. The van der Waals surface area contributed by atoms with Gasteiger partial charge in [-0.25, -0.2) is 0 Å². The van der Waals surface area contributed by atoms with Gasteiger partial charge in [0.05, 0.1) is 29.6 Å². The van der Waals surface area contributed by atoms with Crippen molar-refractivity contribution in [2.75, 3.05) is 0 Å². The Bertz CT molecular complexity index is 2550. The normalized spacial score (nSPS) is 21.7. The molecule has 9 rings (SSSR count). The van der Waals surface area contributed by atoms with E-state index in [-0.39, 0.29) is 41.2 Å². The van der Waals surface area contributed by atoms with E-state index >= 15 is 0 Å². The van der Waals surface area contributed by atoms with E-state index < -0.39 is 0 Å². The average Bonchev–Trinajstić information content (AvgIpc) is 3.99. The first-order chi connectivity index (χ1) is 25.4. The number of aromatic nitrogens is 2. The van der Waals surface area contributed by atoms with Crippen LogP contribution in [0.5, 0.6) is 17.2 Å². The Labute approximate surface area is 300 Å². The largest absolute Gasteiger partial charge is 0.508 e. The Morgan fingerprint density at radius 3 is 1.71 bits per heavy atom. The summed E-state index contributed by atoms with van der Waals surface area (Å²) in [5.41, 5.74) is 10.8. The third-order valence-corrected chi connectivity index (χ3v) is 10.3. The van der Waals surface area contributed by atoms with Crippen molar-refractivity contribution in [1.29, 1.82) is 0 Å². The van der Waals surface area contributed by atoms with Gasteiger partial charge in [0.25, 0.3) is 0 Å². The van der Waals surface area contributed by atoms with Crippen molar-refractivity contribution in [3.05, 3.63) is 196 Å². The molecule has 5 N–H and O–H groups in total. The van der Waals surface area contributed by atoms with Crippen LogP contribution in [0.2, 0.25) is 0 Å². The number of aliphatic imine (C=N–C) groups is 2. The molecule has 7 heteroatoms. The van der Waals surface area contributed by atoms with Crippen LogP contribution >= 0.6 is 0 Å². The summed E-state index contributed by atoms with van der Waals surface area (Å²) in [6, 6.07) is 38.5. The maximum absolute atomic E-state index is 10.2. The number of hydrogen-bond acceptors (Lipinski definition) is 5. The number of nitrogens with zero attached hydrogens (tertiary/aromatic N) is 2. The molecule has 4 aromatic carbocycles. The van der Waals surface area contributed by atoms with Gasteiger partial charge in [-0.3, -0.25) is 9.98 Å². The number of nitrogens with one attached hydrogen (secondary N) is 2. The molecule has 0 radical (unpaired) electrons. The number of benzene rings is 4. The van der Waals surface area contributed by atoms with Crippen molar-refractivity contribution >= 4 is 22.6 Å².